The normalized spacial score (nSPS) is 13.7. The number of aromatic nitrogens is 2. The second-order valence-corrected chi connectivity index (χ2v) is 8.27. The van der Waals surface area contributed by atoms with Crippen LogP contribution < -0.4 is 15.0 Å². The fourth-order valence-electron chi connectivity index (χ4n) is 3.20. The second kappa shape index (κ2) is 8.05. The lowest BCUT2D eigenvalue weighted by Crippen LogP contribution is -2.25. The van der Waals surface area contributed by atoms with Gasteiger partial charge in [0.15, 0.2) is 16.7 Å². The van der Waals surface area contributed by atoms with Gasteiger partial charge < -0.3 is 9.47 Å². The van der Waals surface area contributed by atoms with Crippen molar-refractivity contribution >= 4 is 34.3 Å². The molecule has 146 valence electrons. The Hall–Kier alpha value is -2.18. The van der Waals surface area contributed by atoms with Gasteiger partial charge in [-0.25, -0.2) is 4.98 Å². The summed E-state index contributed by atoms with van der Waals surface area (Å²) in [6.45, 7) is 5.19. The van der Waals surface area contributed by atoms with Gasteiger partial charge in [0.05, 0.1) is 29.1 Å². The highest BCUT2D eigenvalue weighted by molar-refractivity contribution is 7.98. The molecule has 0 amide bonds. The largest absolute Gasteiger partial charge is 0.489 e. The molecule has 0 atom stereocenters. The van der Waals surface area contributed by atoms with Crippen molar-refractivity contribution in [3.63, 3.8) is 0 Å². The number of thioether (sulfide) groups is 1. The number of nitrogens with zero attached hydrogens (tertiary/aromatic N) is 2. The van der Waals surface area contributed by atoms with E-state index >= 15 is 0 Å². The lowest BCUT2D eigenvalue weighted by Gasteiger charge is -2.16. The zero-order chi connectivity index (χ0) is 19.7. The average molecular weight is 417 g/mol. The zero-order valence-electron chi connectivity index (χ0n) is 15.8. The first-order chi connectivity index (χ1) is 13.5. The van der Waals surface area contributed by atoms with Crippen LogP contribution in [0.5, 0.6) is 11.5 Å². The van der Waals surface area contributed by atoms with E-state index in [-0.39, 0.29) is 11.6 Å². The van der Waals surface area contributed by atoms with Gasteiger partial charge in [0.1, 0.15) is 0 Å². The van der Waals surface area contributed by atoms with Crippen molar-refractivity contribution in [2.45, 2.75) is 37.2 Å². The van der Waals surface area contributed by atoms with Crippen molar-refractivity contribution in [1.82, 2.24) is 9.55 Å². The van der Waals surface area contributed by atoms with E-state index < -0.39 is 0 Å². The van der Waals surface area contributed by atoms with Gasteiger partial charge in [-0.15, -0.1) is 0 Å². The Balaban J connectivity index is 1.68. The van der Waals surface area contributed by atoms with Gasteiger partial charge in [0.25, 0.3) is 5.56 Å². The molecule has 0 radical (unpaired) electrons. The molecular weight excluding hydrogens is 396 g/mol. The Labute approximate surface area is 172 Å². The topological polar surface area (TPSA) is 53.4 Å². The minimum atomic E-state index is -0.0141. The van der Waals surface area contributed by atoms with Crippen LogP contribution in [0, 0.1) is 0 Å². The lowest BCUT2D eigenvalue weighted by atomic mass is 10.2. The summed E-state index contributed by atoms with van der Waals surface area (Å²) in [5.74, 6) is 1.90. The molecule has 3 aromatic rings. The highest BCUT2D eigenvalue weighted by atomic mass is 35.5. The highest BCUT2D eigenvalue weighted by Crippen LogP contribution is 2.39. The fraction of sp³-hybridized carbons (Fsp3) is 0.333. The van der Waals surface area contributed by atoms with Gasteiger partial charge in [0, 0.05) is 18.2 Å². The van der Waals surface area contributed by atoms with Gasteiger partial charge in [-0.05, 0) is 43.7 Å². The van der Waals surface area contributed by atoms with E-state index in [0.717, 1.165) is 12.0 Å². The first kappa shape index (κ1) is 19.2. The molecule has 0 fully saturated rings. The van der Waals surface area contributed by atoms with Crippen molar-refractivity contribution in [3.05, 3.63) is 57.3 Å². The summed E-state index contributed by atoms with van der Waals surface area (Å²) in [4.78, 5) is 17.7. The lowest BCUT2D eigenvalue weighted by molar-refractivity contribution is 0.297. The molecule has 0 aliphatic carbocycles. The van der Waals surface area contributed by atoms with E-state index in [0.29, 0.717) is 51.5 Å². The molecule has 28 heavy (non-hydrogen) atoms. The van der Waals surface area contributed by atoms with E-state index in [1.165, 1.54) is 11.8 Å². The molecule has 0 N–H and O–H groups in total. The Morgan fingerprint density at radius 3 is 2.82 bits per heavy atom. The molecule has 0 saturated heterocycles. The van der Waals surface area contributed by atoms with Crippen LogP contribution in [0.1, 0.15) is 31.9 Å². The number of rotatable bonds is 4. The Kier molecular flexibility index (Phi) is 5.51. The molecule has 1 aromatic heterocycles. The van der Waals surface area contributed by atoms with Crippen molar-refractivity contribution in [3.8, 4) is 11.5 Å². The molecule has 0 bridgehead atoms. The van der Waals surface area contributed by atoms with Crippen LogP contribution in [0.15, 0.2) is 46.3 Å². The number of hydrogen-bond acceptors (Lipinski definition) is 5. The molecule has 7 heteroatoms. The van der Waals surface area contributed by atoms with Gasteiger partial charge in [-0.1, -0.05) is 35.5 Å². The first-order valence-electron chi connectivity index (χ1n) is 9.26. The third-order valence-electron chi connectivity index (χ3n) is 4.52. The SMILES string of the molecule is CC(C)n1c(SCc2cc(Cl)c3c(c2)OCCCO3)nc2ccccc2c1=O. The van der Waals surface area contributed by atoms with Crippen LogP contribution in [0.25, 0.3) is 10.9 Å². The maximum Gasteiger partial charge on any atom is 0.262 e. The summed E-state index contributed by atoms with van der Waals surface area (Å²) in [5, 5.41) is 1.88. The summed E-state index contributed by atoms with van der Waals surface area (Å²) in [7, 11) is 0. The highest BCUT2D eigenvalue weighted by Gasteiger charge is 2.17. The summed E-state index contributed by atoms with van der Waals surface area (Å²) >= 11 is 7.92. The molecule has 0 unspecified atom stereocenters. The summed E-state index contributed by atoms with van der Waals surface area (Å²) in [5.41, 5.74) is 1.69. The molecule has 2 aromatic carbocycles. The third-order valence-corrected chi connectivity index (χ3v) is 5.83. The van der Waals surface area contributed by atoms with Crippen molar-refractivity contribution in [2.75, 3.05) is 13.2 Å². The van der Waals surface area contributed by atoms with E-state index in [1.54, 1.807) is 4.57 Å². The predicted molar refractivity (Wildman–Crippen MR) is 113 cm³/mol. The quantitative estimate of drug-likeness (QED) is 0.438. The first-order valence-corrected chi connectivity index (χ1v) is 10.6. The molecule has 4 rings (SSSR count). The van der Waals surface area contributed by atoms with Crippen LogP contribution in [0.2, 0.25) is 5.02 Å². The van der Waals surface area contributed by atoms with Crippen LogP contribution in [0.4, 0.5) is 0 Å². The summed E-state index contributed by atoms with van der Waals surface area (Å²) in [6, 6.07) is 11.3. The van der Waals surface area contributed by atoms with Crippen molar-refractivity contribution < 1.29 is 9.47 Å². The van der Waals surface area contributed by atoms with E-state index in [9.17, 15) is 4.79 Å². The maximum absolute atomic E-state index is 12.9. The third kappa shape index (κ3) is 3.71. The van der Waals surface area contributed by atoms with Gasteiger partial charge >= 0.3 is 0 Å². The number of fused-ring (bicyclic) bond motifs is 2. The minimum absolute atomic E-state index is 0.0134. The van der Waals surface area contributed by atoms with Crippen LogP contribution in [-0.4, -0.2) is 22.8 Å². The minimum Gasteiger partial charge on any atom is -0.489 e. The number of halogens is 1. The standard InChI is InChI=1S/C21H21ClN2O3S/c1-13(2)24-20(25)15-6-3-4-7-17(15)23-21(24)28-12-14-10-16(22)19-18(11-14)26-8-5-9-27-19/h3-4,6-7,10-11,13H,5,8-9,12H2,1-2H3. The number of hydrogen-bond donors (Lipinski definition) is 0. The molecule has 5 nitrogen and oxygen atoms in total. The Morgan fingerprint density at radius 1 is 1.21 bits per heavy atom. The van der Waals surface area contributed by atoms with Gasteiger partial charge in [0.2, 0.25) is 0 Å². The predicted octanol–water partition coefficient (Wildman–Crippen LogP) is 5.08. The molecule has 0 spiro atoms. The molecule has 2 heterocycles. The molecule has 0 saturated carbocycles. The van der Waals surface area contributed by atoms with Gasteiger partial charge in [-0.2, -0.15) is 0 Å². The number of benzene rings is 2. The fourth-order valence-corrected chi connectivity index (χ4v) is 4.54. The van der Waals surface area contributed by atoms with Crippen LogP contribution in [-0.2, 0) is 5.75 Å². The van der Waals surface area contributed by atoms with E-state index in [4.69, 9.17) is 26.1 Å². The Bertz CT molecular complexity index is 1080. The van der Waals surface area contributed by atoms with Crippen LogP contribution in [0.3, 0.4) is 0 Å². The number of ether oxygens (including phenoxy) is 2. The average Bonchev–Trinajstić information content (AvgIpc) is 2.92. The number of para-hydroxylation sites is 1. The smallest absolute Gasteiger partial charge is 0.262 e. The van der Waals surface area contributed by atoms with Crippen molar-refractivity contribution in [2.24, 2.45) is 0 Å². The van der Waals surface area contributed by atoms with Crippen LogP contribution >= 0.6 is 23.4 Å². The van der Waals surface area contributed by atoms with E-state index in [2.05, 4.69) is 0 Å². The molecule has 1 aliphatic heterocycles. The zero-order valence-corrected chi connectivity index (χ0v) is 17.3. The van der Waals surface area contributed by atoms with Crippen molar-refractivity contribution in [1.29, 1.82) is 0 Å². The second-order valence-electron chi connectivity index (χ2n) is 6.92. The van der Waals surface area contributed by atoms with Gasteiger partial charge in [-0.3, -0.25) is 9.36 Å². The summed E-state index contributed by atoms with van der Waals surface area (Å²) in [6.07, 6.45) is 0.830. The summed E-state index contributed by atoms with van der Waals surface area (Å²) < 4.78 is 13.2. The Morgan fingerprint density at radius 2 is 2.00 bits per heavy atom. The monoisotopic (exact) mass is 416 g/mol. The maximum atomic E-state index is 12.9. The van der Waals surface area contributed by atoms with E-state index in [1.807, 2.05) is 50.2 Å². The molecule has 1 aliphatic rings. The molecular formula is C21H21ClN2O3S.